The normalized spacial score (nSPS) is 19.8. The molecule has 6 rings (SSSR count). The van der Waals surface area contributed by atoms with Gasteiger partial charge in [-0.1, -0.05) is 79.6 Å². The zero-order valence-electron chi connectivity index (χ0n) is 19.3. The van der Waals surface area contributed by atoms with Gasteiger partial charge in [0.05, 0.1) is 5.41 Å². The van der Waals surface area contributed by atoms with Crippen molar-refractivity contribution in [2.45, 2.75) is 51.9 Å². The average molecular weight is 420 g/mol. The summed E-state index contributed by atoms with van der Waals surface area (Å²) >= 11 is 0. The van der Waals surface area contributed by atoms with E-state index in [1.807, 2.05) is 0 Å². The van der Waals surface area contributed by atoms with Crippen LogP contribution in [0.2, 0.25) is 0 Å². The van der Waals surface area contributed by atoms with Crippen molar-refractivity contribution in [2.75, 3.05) is 0 Å². The second-order valence-corrected chi connectivity index (χ2v) is 9.61. The summed E-state index contributed by atoms with van der Waals surface area (Å²) in [6.07, 6.45) is 5.24. The van der Waals surface area contributed by atoms with Crippen LogP contribution >= 0.6 is 0 Å². The van der Waals surface area contributed by atoms with Gasteiger partial charge < -0.3 is 0 Å². The minimum Gasteiger partial charge on any atom is -0.197 e. The Labute approximate surface area is 191 Å². The lowest BCUT2D eigenvalue weighted by atomic mass is 9.63. The Morgan fingerprint density at radius 3 is 2.19 bits per heavy atom. The SMILES string of the molecule is Cc1ccccc1-n1c(C)c2[n+](c1C)-c1ccccc1C2(c1ccccc1)C1CCCC1. The van der Waals surface area contributed by atoms with Gasteiger partial charge in [-0.2, -0.15) is 9.13 Å². The lowest BCUT2D eigenvalue weighted by Crippen LogP contribution is -2.41. The summed E-state index contributed by atoms with van der Waals surface area (Å²) in [7, 11) is 0. The maximum Gasteiger partial charge on any atom is 0.264 e. The molecule has 1 unspecified atom stereocenters. The van der Waals surface area contributed by atoms with Gasteiger partial charge in [-0.15, -0.1) is 0 Å². The largest absolute Gasteiger partial charge is 0.264 e. The van der Waals surface area contributed by atoms with Crippen molar-refractivity contribution in [1.82, 2.24) is 4.57 Å². The fourth-order valence-corrected chi connectivity index (χ4v) is 6.83. The third-order valence-corrected chi connectivity index (χ3v) is 8.05. The van der Waals surface area contributed by atoms with Crippen LogP contribution in [-0.4, -0.2) is 4.57 Å². The first-order valence-electron chi connectivity index (χ1n) is 12.0. The summed E-state index contributed by atoms with van der Waals surface area (Å²) in [6.45, 7) is 6.85. The predicted molar refractivity (Wildman–Crippen MR) is 130 cm³/mol. The number of aryl methyl sites for hydroxylation is 1. The van der Waals surface area contributed by atoms with E-state index in [9.17, 15) is 0 Å². The molecule has 0 saturated heterocycles. The van der Waals surface area contributed by atoms with Crippen LogP contribution in [0.3, 0.4) is 0 Å². The summed E-state index contributed by atoms with van der Waals surface area (Å²) < 4.78 is 5.07. The monoisotopic (exact) mass is 419 g/mol. The Bertz CT molecular complexity index is 1310. The minimum absolute atomic E-state index is 0.100. The molecule has 1 aliphatic carbocycles. The smallest absolute Gasteiger partial charge is 0.197 e. The fourth-order valence-electron chi connectivity index (χ4n) is 6.83. The van der Waals surface area contributed by atoms with Crippen molar-refractivity contribution in [2.24, 2.45) is 5.92 Å². The fraction of sp³-hybridized carbons (Fsp3) is 0.300. The highest BCUT2D eigenvalue weighted by molar-refractivity contribution is 5.60. The topological polar surface area (TPSA) is 8.81 Å². The van der Waals surface area contributed by atoms with Gasteiger partial charge >= 0.3 is 0 Å². The molecule has 32 heavy (non-hydrogen) atoms. The maximum atomic E-state index is 2.57. The Morgan fingerprint density at radius 1 is 0.781 bits per heavy atom. The van der Waals surface area contributed by atoms with E-state index in [1.165, 1.54) is 71.0 Å². The number of imidazole rings is 1. The molecule has 0 N–H and O–H groups in total. The van der Waals surface area contributed by atoms with Gasteiger partial charge in [0.25, 0.3) is 5.82 Å². The minimum atomic E-state index is -0.100. The first-order valence-corrected chi connectivity index (χ1v) is 12.0. The number of fused-ring (bicyclic) bond motifs is 3. The van der Waals surface area contributed by atoms with E-state index in [0.717, 1.165) is 0 Å². The van der Waals surface area contributed by atoms with Crippen LogP contribution in [0.15, 0.2) is 78.9 Å². The molecule has 1 saturated carbocycles. The first kappa shape index (κ1) is 19.5. The zero-order valence-corrected chi connectivity index (χ0v) is 19.3. The van der Waals surface area contributed by atoms with Crippen molar-refractivity contribution < 1.29 is 4.57 Å². The van der Waals surface area contributed by atoms with Crippen LogP contribution in [0.4, 0.5) is 0 Å². The molecule has 1 fully saturated rings. The average Bonchev–Trinajstić information content (AvgIpc) is 3.51. The van der Waals surface area contributed by atoms with Crippen LogP contribution in [0.5, 0.6) is 0 Å². The highest BCUT2D eigenvalue weighted by Crippen LogP contribution is 2.55. The molecule has 1 aliphatic heterocycles. The Kier molecular flexibility index (Phi) is 4.40. The quantitative estimate of drug-likeness (QED) is 0.334. The van der Waals surface area contributed by atoms with Gasteiger partial charge in [-0.05, 0) is 48.9 Å². The van der Waals surface area contributed by atoms with Gasteiger partial charge in [0.15, 0.2) is 11.4 Å². The van der Waals surface area contributed by atoms with Crippen molar-refractivity contribution in [1.29, 1.82) is 0 Å². The van der Waals surface area contributed by atoms with E-state index in [1.54, 1.807) is 0 Å². The number of rotatable bonds is 3. The van der Waals surface area contributed by atoms with Gasteiger partial charge in [0.1, 0.15) is 11.4 Å². The van der Waals surface area contributed by atoms with Gasteiger partial charge in [-0.3, -0.25) is 0 Å². The number of para-hydroxylation sites is 2. The lowest BCUT2D eigenvalue weighted by Gasteiger charge is -2.35. The van der Waals surface area contributed by atoms with Crippen LogP contribution in [-0.2, 0) is 5.41 Å². The first-order chi connectivity index (χ1) is 15.7. The van der Waals surface area contributed by atoms with Crippen molar-refractivity contribution in [3.8, 4) is 11.4 Å². The zero-order chi connectivity index (χ0) is 21.9. The number of nitrogens with zero attached hydrogens (tertiary/aromatic N) is 2. The highest BCUT2D eigenvalue weighted by atomic mass is 15.2. The number of benzene rings is 3. The second-order valence-electron chi connectivity index (χ2n) is 9.61. The number of aromatic nitrogens is 2. The standard InChI is InChI=1S/C30H31N2/c1-21-13-7-11-19-27(21)31-22(2)29-30(25-16-8-9-17-25,24-14-5-4-6-15-24)26-18-10-12-20-28(26)32(29)23(31)3/h4-7,10-15,18-20,25H,8-9,16-17H2,1-3H3/q+1. The van der Waals surface area contributed by atoms with Gasteiger partial charge in [-0.25, -0.2) is 0 Å². The molecule has 2 heteroatoms. The van der Waals surface area contributed by atoms with Crippen molar-refractivity contribution in [3.05, 3.63) is 113 Å². The van der Waals surface area contributed by atoms with Crippen molar-refractivity contribution in [3.63, 3.8) is 0 Å². The molecule has 1 aromatic heterocycles. The van der Waals surface area contributed by atoms with E-state index in [2.05, 4.69) is 109 Å². The molecule has 0 bridgehead atoms. The third kappa shape index (κ3) is 2.44. The predicted octanol–water partition coefficient (Wildman–Crippen LogP) is 6.52. The molecule has 0 amide bonds. The van der Waals surface area contributed by atoms with Gasteiger partial charge in [0, 0.05) is 19.4 Å². The number of hydrogen-bond acceptors (Lipinski definition) is 0. The van der Waals surface area contributed by atoms with Crippen molar-refractivity contribution >= 4 is 0 Å². The molecule has 1 atom stereocenters. The molecule has 160 valence electrons. The van der Waals surface area contributed by atoms with Crippen LogP contribution in [0.1, 0.15) is 59.6 Å². The summed E-state index contributed by atoms with van der Waals surface area (Å²) in [5.74, 6) is 1.90. The summed E-state index contributed by atoms with van der Waals surface area (Å²) in [5.41, 5.74) is 9.61. The summed E-state index contributed by atoms with van der Waals surface area (Å²) in [5, 5.41) is 0. The van der Waals surface area contributed by atoms with E-state index in [0.29, 0.717) is 5.92 Å². The molecule has 3 aromatic carbocycles. The highest BCUT2D eigenvalue weighted by Gasteiger charge is 2.57. The Morgan fingerprint density at radius 2 is 1.44 bits per heavy atom. The molecule has 2 heterocycles. The van der Waals surface area contributed by atoms with E-state index in [4.69, 9.17) is 0 Å². The van der Waals surface area contributed by atoms with Crippen LogP contribution in [0.25, 0.3) is 11.4 Å². The van der Waals surface area contributed by atoms with Gasteiger partial charge in [0.2, 0.25) is 0 Å². The molecule has 0 radical (unpaired) electrons. The Hall–Kier alpha value is -3.13. The van der Waals surface area contributed by atoms with Crippen LogP contribution in [0, 0.1) is 26.7 Å². The lowest BCUT2D eigenvalue weighted by molar-refractivity contribution is -0.606. The number of hydrogen-bond donors (Lipinski definition) is 0. The molecule has 0 spiro atoms. The molecular formula is C30H31N2+. The maximum absolute atomic E-state index is 2.57. The second kappa shape index (κ2) is 7.20. The molecule has 2 aliphatic rings. The van der Waals surface area contributed by atoms with E-state index < -0.39 is 0 Å². The molecule has 4 aromatic rings. The molecule has 2 nitrogen and oxygen atoms in total. The van der Waals surface area contributed by atoms with E-state index >= 15 is 0 Å². The molecular weight excluding hydrogens is 388 g/mol. The summed E-state index contributed by atoms with van der Waals surface area (Å²) in [6, 6.07) is 29.3. The Balaban J connectivity index is 1.76. The third-order valence-electron chi connectivity index (χ3n) is 8.05. The van der Waals surface area contributed by atoms with Crippen LogP contribution < -0.4 is 4.57 Å². The summed E-state index contributed by atoms with van der Waals surface area (Å²) in [4.78, 5) is 0. The van der Waals surface area contributed by atoms with E-state index in [-0.39, 0.29) is 5.41 Å².